The summed E-state index contributed by atoms with van der Waals surface area (Å²) in [5.41, 5.74) is 6.62. The van der Waals surface area contributed by atoms with Gasteiger partial charge in [0.15, 0.2) is 0 Å². The van der Waals surface area contributed by atoms with E-state index in [9.17, 15) is 0 Å². The molecule has 1 fully saturated rings. The van der Waals surface area contributed by atoms with E-state index in [1.165, 1.54) is 32.1 Å². The van der Waals surface area contributed by atoms with Crippen LogP contribution in [0, 0.1) is 11.3 Å². The van der Waals surface area contributed by atoms with E-state index in [2.05, 4.69) is 28.9 Å². The molecule has 1 aromatic heterocycles. The zero-order valence-electron chi connectivity index (χ0n) is 12.7. The van der Waals surface area contributed by atoms with Crippen molar-refractivity contribution in [1.29, 1.82) is 5.41 Å². The molecule has 1 saturated carbocycles. The van der Waals surface area contributed by atoms with Crippen molar-refractivity contribution < 1.29 is 0 Å². The van der Waals surface area contributed by atoms with Crippen molar-refractivity contribution in [1.82, 2.24) is 14.7 Å². The van der Waals surface area contributed by atoms with Crippen molar-refractivity contribution >= 4 is 5.84 Å². The number of nitrogens with zero attached hydrogens (tertiary/aromatic N) is 3. The molecular weight excluding hydrogens is 250 g/mol. The Hall–Kier alpha value is -1.36. The van der Waals surface area contributed by atoms with E-state index in [1.807, 2.05) is 6.92 Å². The van der Waals surface area contributed by atoms with Crippen molar-refractivity contribution in [3.8, 4) is 0 Å². The van der Waals surface area contributed by atoms with Gasteiger partial charge in [0.25, 0.3) is 0 Å². The predicted octanol–water partition coefficient (Wildman–Crippen LogP) is 2.39. The molecule has 2 rings (SSSR count). The van der Waals surface area contributed by atoms with Crippen molar-refractivity contribution in [2.75, 3.05) is 13.6 Å². The Bertz CT molecular complexity index is 433. The van der Waals surface area contributed by atoms with Crippen LogP contribution in [0.1, 0.15) is 50.8 Å². The van der Waals surface area contributed by atoms with Gasteiger partial charge in [-0.3, -0.25) is 15.0 Å². The van der Waals surface area contributed by atoms with Crippen molar-refractivity contribution in [2.24, 2.45) is 11.7 Å². The van der Waals surface area contributed by atoms with E-state index in [1.54, 1.807) is 0 Å². The molecule has 0 bridgehead atoms. The maximum Gasteiger partial charge on any atom is 0.0947 e. The van der Waals surface area contributed by atoms with E-state index < -0.39 is 0 Å². The Morgan fingerprint density at radius 2 is 2.20 bits per heavy atom. The largest absolute Gasteiger partial charge is 0.387 e. The van der Waals surface area contributed by atoms with Crippen LogP contribution in [-0.2, 0) is 6.54 Å². The van der Waals surface area contributed by atoms with Crippen molar-refractivity contribution in [2.45, 2.75) is 51.6 Å². The summed E-state index contributed by atoms with van der Waals surface area (Å²) in [5.74, 6) is 0.352. The quantitative estimate of drug-likeness (QED) is 0.619. The van der Waals surface area contributed by atoms with E-state index >= 15 is 0 Å². The van der Waals surface area contributed by atoms with Gasteiger partial charge >= 0.3 is 0 Å². The van der Waals surface area contributed by atoms with Gasteiger partial charge in [0.1, 0.15) is 0 Å². The second kappa shape index (κ2) is 6.88. The molecule has 0 saturated heterocycles. The molecule has 0 aromatic carbocycles. The molecule has 1 aromatic rings. The number of nitrogens with one attached hydrogen (secondary N) is 1. The van der Waals surface area contributed by atoms with E-state index in [0.29, 0.717) is 6.04 Å². The highest BCUT2D eigenvalue weighted by molar-refractivity contribution is 5.79. The Balaban J connectivity index is 1.87. The zero-order valence-corrected chi connectivity index (χ0v) is 12.7. The average Bonchev–Trinajstić information content (AvgIpc) is 2.88. The summed E-state index contributed by atoms with van der Waals surface area (Å²) in [6, 6.07) is 2.71. The SMILES string of the molecule is CC(CN(C)Cc1ccn(C2CCCCC2)n1)C(=N)N. The minimum absolute atomic E-state index is 0.0976. The summed E-state index contributed by atoms with van der Waals surface area (Å²) in [6.07, 6.45) is 8.67. The van der Waals surface area contributed by atoms with Crippen LogP contribution in [0.2, 0.25) is 0 Å². The highest BCUT2D eigenvalue weighted by Gasteiger charge is 2.16. The molecule has 0 spiro atoms. The Labute approximate surface area is 121 Å². The van der Waals surface area contributed by atoms with Crippen LogP contribution in [0.5, 0.6) is 0 Å². The van der Waals surface area contributed by atoms with E-state index in [0.717, 1.165) is 18.8 Å². The first-order chi connectivity index (χ1) is 9.56. The number of nitrogens with two attached hydrogens (primary N) is 1. The van der Waals surface area contributed by atoms with Crippen LogP contribution in [0.3, 0.4) is 0 Å². The first kappa shape index (κ1) is 15.0. The molecule has 1 heterocycles. The van der Waals surface area contributed by atoms with Gasteiger partial charge in [-0.15, -0.1) is 0 Å². The van der Waals surface area contributed by atoms with E-state index in [-0.39, 0.29) is 11.8 Å². The molecule has 20 heavy (non-hydrogen) atoms. The van der Waals surface area contributed by atoms with Crippen molar-refractivity contribution in [3.63, 3.8) is 0 Å². The molecule has 0 aliphatic heterocycles. The van der Waals surface area contributed by atoms with Gasteiger partial charge in [0, 0.05) is 25.2 Å². The molecule has 1 atom stereocenters. The molecule has 5 nitrogen and oxygen atoms in total. The third-order valence-corrected chi connectivity index (χ3v) is 4.16. The van der Waals surface area contributed by atoms with Crippen LogP contribution in [0.25, 0.3) is 0 Å². The molecular formula is C15H27N5. The number of rotatable bonds is 6. The molecule has 5 heteroatoms. The molecule has 1 aliphatic rings. The predicted molar refractivity (Wildman–Crippen MR) is 81.8 cm³/mol. The fourth-order valence-corrected chi connectivity index (χ4v) is 2.92. The lowest BCUT2D eigenvalue weighted by Gasteiger charge is -2.22. The van der Waals surface area contributed by atoms with Gasteiger partial charge in [-0.25, -0.2) is 0 Å². The molecule has 0 amide bonds. The highest BCUT2D eigenvalue weighted by Crippen LogP contribution is 2.27. The lowest BCUT2D eigenvalue weighted by molar-refractivity contribution is 0.294. The second-order valence-corrected chi connectivity index (χ2v) is 6.13. The van der Waals surface area contributed by atoms with Gasteiger partial charge in [-0.2, -0.15) is 5.10 Å². The fourth-order valence-electron chi connectivity index (χ4n) is 2.92. The number of hydrogen-bond donors (Lipinski definition) is 2. The maximum atomic E-state index is 7.44. The van der Waals surface area contributed by atoms with Crippen LogP contribution in [0.4, 0.5) is 0 Å². The zero-order chi connectivity index (χ0) is 14.5. The monoisotopic (exact) mass is 277 g/mol. The van der Waals surface area contributed by atoms with Gasteiger partial charge in [-0.1, -0.05) is 26.2 Å². The fraction of sp³-hybridized carbons (Fsp3) is 0.733. The summed E-state index contributed by atoms with van der Waals surface area (Å²) in [4.78, 5) is 2.18. The summed E-state index contributed by atoms with van der Waals surface area (Å²) in [7, 11) is 2.05. The van der Waals surface area contributed by atoms with Crippen LogP contribution >= 0.6 is 0 Å². The van der Waals surface area contributed by atoms with E-state index in [4.69, 9.17) is 16.2 Å². The minimum Gasteiger partial charge on any atom is -0.387 e. The van der Waals surface area contributed by atoms with Crippen LogP contribution < -0.4 is 5.73 Å². The first-order valence-electron chi connectivity index (χ1n) is 7.62. The van der Waals surface area contributed by atoms with Gasteiger partial charge in [-0.05, 0) is 26.0 Å². The molecule has 1 unspecified atom stereocenters. The molecule has 1 aliphatic carbocycles. The maximum absolute atomic E-state index is 7.44. The number of amidine groups is 1. The topological polar surface area (TPSA) is 70.9 Å². The minimum atomic E-state index is 0.0976. The summed E-state index contributed by atoms with van der Waals surface area (Å²) in [6.45, 7) is 3.60. The van der Waals surface area contributed by atoms with Gasteiger partial charge in [0.2, 0.25) is 0 Å². The third kappa shape index (κ3) is 4.07. The lowest BCUT2D eigenvalue weighted by atomic mass is 9.96. The Kier molecular flexibility index (Phi) is 5.17. The summed E-state index contributed by atoms with van der Waals surface area (Å²) >= 11 is 0. The Morgan fingerprint density at radius 3 is 2.85 bits per heavy atom. The summed E-state index contributed by atoms with van der Waals surface area (Å²) < 4.78 is 2.15. The summed E-state index contributed by atoms with van der Waals surface area (Å²) in [5, 5.41) is 12.2. The smallest absolute Gasteiger partial charge is 0.0947 e. The van der Waals surface area contributed by atoms with Crippen LogP contribution in [0.15, 0.2) is 12.3 Å². The average molecular weight is 277 g/mol. The molecule has 0 radical (unpaired) electrons. The third-order valence-electron chi connectivity index (χ3n) is 4.16. The van der Waals surface area contributed by atoms with Crippen molar-refractivity contribution in [3.05, 3.63) is 18.0 Å². The molecule has 3 N–H and O–H groups in total. The molecule has 112 valence electrons. The number of hydrogen-bond acceptors (Lipinski definition) is 3. The second-order valence-electron chi connectivity index (χ2n) is 6.13. The standard InChI is InChI=1S/C15H27N5/c1-12(15(16)17)10-19(2)11-13-8-9-20(18-13)14-6-4-3-5-7-14/h8-9,12,14H,3-7,10-11H2,1-2H3,(H3,16,17). The number of aromatic nitrogens is 2. The van der Waals surface area contributed by atoms with Gasteiger partial charge in [0.05, 0.1) is 17.6 Å². The van der Waals surface area contributed by atoms with Crippen LogP contribution in [-0.4, -0.2) is 34.1 Å². The lowest BCUT2D eigenvalue weighted by Crippen LogP contribution is -2.31. The van der Waals surface area contributed by atoms with Gasteiger partial charge < -0.3 is 5.73 Å². The Morgan fingerprint density at radius 1 is 1.50 bits per heavy atom. The normalized spacial score (nSPS) is 18.4. The first-order valence-corrected chi connectivity index (χ1v) is 7.62. The highest BCUT2D eigenvalue weighted by atomic mass is 15.3.